The number of amides is 1. The van der Waals surface area contributed by atoms with Crippen LogP contribution in [0.1, 0.15) is 18.3 Å². The SMILES string of the molecule is Cc1c(CC(=O)N2CCNC[C@H]2C)nnn1-c1ccccc1. The normalized spacial score (nSPS) is 18.5. The van der Waals surface area contributed by atoms with Crippen LogP contribution in [0.3, 0.4) is 0 Å². The van der Waals surface area contributed by atoms with Crippen LogP contribution in [-0.4, -0.2) is 51.5 Å². The van der Waals surface area contributed by atoms with Gasteiger partial charge < -0.3 is 10.2 Å². The van der Waals surface area contributed by atoms with Gasteiger partial charge in [-0.2, -0.15) is 0 Å². The molecule has 1 aromatic heterocycles. The molecule has 1 aliphatic rings. The molecule has 0 saturated carbocycles. The van der Waals surface area contributed by atoms with Crippen LogP contribution in [0.15, 0.2) is 30.3 Å². The average molecular weight is 299 g/mol. The first-order valence-electron chi connectivity index (χ1n) is 7.63. The van der Waals surface area contributed by atoms with Crippen LogP contribution in [0.5, 0.6) is 0 Å². The van der Waals surface area contributed by atoms with Crippen LogP contribution in [0.25, 0.3) is 5.69 Å². The molecule has 0 spiro atoms. The minimum Gasteiger partial charge on any atom is -0.337 e. The predicted molar refractivity (Wildman–Crippen MR) is 83.8 cm³/mol. The minimum atomic E-state index is 0.122. The number of nitrogens with zero attached hydrogens (tertiary/aromatic N) is 4. The summed E-state index contributed by atoms with van der Waals surface area (Å²) in [4.78, 5) is 14.4. The molecular weight excluding hydrogens is 278 g/mol. The first kappa shape index (κ1) is 14.7. The minimum absolute atomic E-state index is 0.122. The molecule has 1 N–H and O–H groups in total. The van der Waals surface area contributed by atoms with E-state index < -0.39 is 0 Å². The van der Waals surface area contributed by atoms with E-state index >= 15 is 0 Å². The van der Waals surface area contributed by atoms with Crippen LogP contribution in [-0.2, 0) is 11.2 Å². The Morgan fingerprint density at radius 2 is 2.14 bits per heavy atom. The second-order valence-corrected chi connectivity index (χ2v) is 5.69. The summed E-state index contributed by atoms with van der Waals surface area (Å²) < 4.78 is 1.78. The van der Waals surface area contributed by atoms with Crippen molar-refractivity contribution in [3.8, 4) is 5.69 Å². The molecule has 2 aromatic rings. The van der Waals surface area contributed by atoms with Crippen LogP contribution in [0.2, 0.25) is 0 Å². The van der Waals surface area contributed by atoms with Gasteiger partial charge in [0, 0.05) is 25.7 Å². The van der Waals surface area contributed by atoms with Gasteiger partial charge in [-0.15, -0.1) is 5.10 Å². The molecule has 0 radical (unpaired) electrons. The fourth-order valence-electron chi connectivity index (χ4n) is 2.79. The van der Waals surface area contributed by atoms with Crippen molar-refractivity contribution in [3.63, 3.8) is 0 Å². The van der Waals surface area contributed by atoms with Crippen molar-refractivity contribution in [2.45, 2.75) is 26.3 Å². The van der Waals surface area contributed by atoms with E-state index in [2.05, 4.69) is 22.6 Å². The number of hydrogen-bond acceptors (Lipinski definition) is 4. The molecule has 6 nitrogen and oxygen atoms in total. The Hall–Kier alpha value is -2.21. The number of piperazine rings is 1. The molecule has 1 atom stereocenters. The zero-order valence-corrected chi connectivity index (χ0v) is 13.0. The lowest BCUT2D eigenvalue weighted by Gasteiger charge is -2.33. The van der Waals surface area contributed by atoms with Gasteiger partial charge in [0.25, 0.3) is 0 Å². The largest absolute Gasteiger partial charge is 0.337 e. The molecule has 1 aromatic carbocycles. The second kappa shape index (κ2) is 6.27. The lowest BCUT2D eigenvalue weighted by atomic mass is 10.1. The topological polar surface area (TPSA) is 63.1 Å². The average Bonchev–Trinajstić information content (AvgIpc) is 2.89. The highest BCUT2D eigenvalue weighted by Crippen LogP contribution is 2.14. The summed E-state index contributed by atoms with van der Waals surface area (Å²) in [6.45, 7) is 6.48. The number of aromatic nitrogens is 3. The summed E-state index contributed by atoms with van der Waals surface area (Å²) in [5.74, 6) is 0.122. The lowest BCUT2D eigenvalue weighted by Crippen LogP contribution is -2.52. The highest BCUT2D eigenvalue weighted by Gasteiger charge is 2.24. The third-order valence-electron chi connectivity index (χ3n) is 4.13. The van der Waals surface area contributed by atoms with Crippen LogP contribution >= 0.6 is 0 Å². The Morgan fingerprint density at radius 3 is 2.86 bits per heavy atom. The summed E-state index contributed by atoms with van der Waals surface area (Å²) in [6.07, 6.45) is 0.309. The third-order valence-corrected chi connectivity index (χ3v) is 4.13. The fourth-order valence-corrected chi connectivity index (χ4v) is 2.79. The highest BCUT2D eigenvalue weighted by atomic mass is 16.2. The van der Waals surface area contributed by atoms with E-state index in [1.807, 2.05) is 42.2 Å². The van der Waals surface area contributed by atoms with E-state index in [1.165, 1.54) is 0 Å². The molecule has 1 fully saturated rings. The molecule has 1 aliphatic heterocycles. The monoisotopic (exact) mass is 299 g/mol. The molecule has 0 aliphatic carbocycles. The van der Waals surface area contributed by atoms with Gasteiger partial charge in [-0.05, 0) is 26.0 Å². The number of carbonyl (C=O) groups is 1. The molecule has 6 heteroatoms. The first-order chi connectivity index (χ1) is 10.7. The van der Waals surface area contributed by atoms with Crippen molar-refractivity contribution in [2.24, 2.45) is 0 Å². The molecular formula is C16H21N5O. The first-order valence-corrected chi connectivity index (χ1v) is 7.63. The summed E-state index contributed by atoms with van der Waals surface area (Å²) in [6, 6.07) is 10.1. The van der Waals surface area contributed by atoms with E-state index in [4.69, 9.17) is 0 Å². The van der Waals surface area contributed by atoms with Gasteiger partial charge >= 0.3 is 0 Å². The quantitative estimate of drug-likeness (QED) is 0.916. The molecule has 0 bridgehead atoms. The van der Waals surface area contributed by atoms with Gasteiger partial charge in [0.2, 0.25) is 5.91 Å². The maximum absolute atomic E-state index is 12.5. The Balaban J connectivity index is 1.76. The maximum atomic E-state index is 12.5. The molecule has 0 unspecified atom stereocenters. The third kappa shape index (κ3) is 2.87. The summed E-state index contributed by atoms with van der Waals surface area (Å²) in [5.41, 5.74) is 2.63. The number of benzene rings is 1. The van der Waals surface area contributed by atoms with Crippen molar-refractivity contribution >= 4 is 5.91 Å². The van der Waals surface area contributed by atoms with E-state index in [0.717, 1.165) is 36.7 Å². The van der Waals surface area contributed by atoms with Crippen molar-refractivity contribution in [3.05, 3.63) is 41.7 Å². The van der Waals surface area contributed by atoms with Gasteiger partial charge in [-0.3, -0.25) is 4.79 Å². The summed E-state index contributed by atoms with van der Waals surface area (Å²) in [5, 5.41) is 11.7. The number of rotatable bonds is 3. The van der Waals surface area contributed by atoms with E-state index in [0.29, 0.717) is 6.42 Å². The summed E-state index contributed by atoms with van der Waals surface area (Å²) >= 11 is 0. The number of para-hydroxylation sites is 1. The summed E-state index contributed by atoms with van der Waals surface area (Å²) in [7, 11) is 0. The van der Waals surface area contributed by atoms with Crippen molar-refractivity contribution < 1.29 is 4.79 Å². The molecule has 116 valence electrons. The Bertz CT molecular complexity index is 652. The molecule has 2 heterocycles. The van der Waals surface area contributed by atoms with Gasteiger partial charge in [-0.1, -0.05) is 23.4 Å². The zero-order valence-electron chi connectivity index (χ0n) is 13.0. The van der Waals surface area contributed by atoms with E-state index in [1.54, 1.807) is 4.68 Å². The van der Waals surface area contributed by atoms with Gasteiger partial charge in [0.05, 0.1) is 23.5 Å². The molecule has 3 rings (SSSR count). The van der Waals surface area contributed by atoms with Crippen molar-refractivity contribution in [2.75, 3.05) is 19.6 Å². The van der Waals surface area contributed by atoms with E-state index in [-0.39, 0.29) is 11.9 Å². The Labute approximate surface area is 130 Å². The van der Waals surface area contributed by atoms with E-state index in [9.17, 15) is 4.79 Å². The number of carbonyl (C=O) groups excluding carboxylic acids is 1. The second-order valence-electron chi connectivity index (χ2n) is 5.69. The van der Waals surface area contributed by atoms with Gasteiger partial charge in [0.1, 0.15) is 0 Å². The smallest absolute Gasteiger partial charge is 0.229 e. The number of nitrogens with one attached hydrogen (secondary N) is 1. The lowest BCUT2D eigenvalue weighted by molar-refractivity contribution is -0.133. The number of hydrogen-bond donors (Lipinski definition) is 1. The maximum Gasteiger partial charge on any atom is 0.229 e. The molecule has 22 heavy (non-hydrogen) atoms. The highest BCUT2D eigenvalue weighted by molar-refractivity contribution is 5.79. The zero-order chi connectivity index (χ0) is 15.5. The van der Waals surface area contributed by atoms with Crippen LogP contribution in [0.4, 0.5) is 0 Å². The Morgan fingerprint density at radius 1 is 1.36 bits per heavy atom. The van der Waals surface area contributed by atoms with Crippen molar-refractivity contribution in [1.29, 1.82) is 0 Å². The van der Waals surface area contributed by atoms with Gasteiger partial charge in [-0.25, -0.2) is 4.68 Å². The standard InChI is InChI=1S/C16H21N5O/c1-12-11-17-8-9-20(12)16(22)10-15-13(2)21(19-18-15)14-6-4-3-5-7-14/h3-7,12,17H,8-11H2,1-2H3/t12-/m1/s1. The Kier molecular flexibility index (Phi) is 4.20. The predicted octanol–water partition coefficient (Wildman–Crippen LogP) is 0.939. The van der Waals surface area contributed by atoms with Gasteiger partial charge in [0.15, 0.2) is 0 Å². The fraction of sp³-hybridized carbons (Fsp3) is 0.438. The molecule has 1 saturated heterocycles. The molecule has 1 amide bonds. The van der Waals surface area contributed by atoms with Crippen LogP contribution in [0, 0.1) is 6.92 Å². The van der Waals surface area contributed by atoms with Crippen molar-refractivity contribution in [1.82, 2.24) is 25.2 Å². The van der Waals surface area contributed by atoms with Crippen LogP contribution < -0.4 is 5.32 Å².